The third-order valence-electron chi connectivity index (χ3n) is 9.42. The second kappa shape index (κ2) is 34.7. The molecule has 0 saturated heterocycles. The highest BCUT2D eigenvalue weighted by Crippen LogP contribution is 2.43. The van der Waals surface area contributed by atoms with Crippen molar-refractivity contribution >= 4 is 13.7 Å². The first-order valence-electron chi connectivity index (χ1n) is 21.2. The molecule has 0 heterocycles. The molecule has 0 spiro atoms. The van der Waals surface area contributed by atoms with Crippen molar-refractivity contribution in [3.8, 4) is 0 Å². The van der Waals surface area contributed by atoms with Gasteiger partial charge < -0.3 is 19.8 Å². The van der Waals surface area contributed by atoms with Gasteiger partial charge in [0, 0.05) is 6.42 Å². The van der Waals surface area contributed by atoms with Gasteiger partial charge in [-0.05, 0) is 44.9 Å². The topological polar surface area (TPSA) is 105 Å². The first kappa shape index (κ1) is 50.0. The first-order chi connectivity index (χ1) is 24.5. The maximum Gasteiger partial charge on any atom is 0.472 e. The van der Waals surface area contributed by atoms with Crippen molar-refractivity contribution in [2.24, 2.45) is 0 Å². The number of amides is 1. The Bertz CT molecular complexity index is 891. The minimum Gasteiger partial charge on any atom is -0.387 e. The third-order valence-corrected chi connectivity index (χ3v) is 10.4. The molecule has 3 atom stereocenters. The normalized spacial score (nSPS) is 14.7. The number of nitrogens with zero attached hydrogens (tertiary/aromatic N) is 1. The van der Waals surface area contributed by atoms with Crippen LogP contribution in [-0.2, 0) is 18.4 Å². The van der Waals surface area contributed by atoms with E-state index in [9.17, 15) is 19.4 Å². The van der Waals surface area contributed by atoms with E-state index in [2.05, 4.69) is 31.3 Å². The van der Waals surface area contributed by atoms with Gasteiger partial charge in [-0.1, -0.05) is 160 Å². The highest BCUT2D eigenvalue weighted by Gasteiger charge is 2.27. The van der Waals surface area contributed by atoms with Gasteiger partial charge in [0.15, 0.2) is 0 Å². The van der Waals surface area contributed by atoms with Crippen molar-refractivity contribution in [1.82, 2.24) is 5.32 Å². The number of carbonyl (C=O) groups excluding carboxylic acids is 1. The van der Waals surface area contributed by atoms with Gasteiger partial charge in [-0.25, -0.2) is 4.57 Å². The molecule has 302 valence electrons. The molecule has 0 fully saturated rings. The summed E-state index contributed by atoms with van der Waals surface area (Å²) in [6.45, 7) is 4.78. The molecule has 1 amide bonds. The van der Waals surface area contributed by atoms with Crippen LogP contribution in [0, 0.1) is 0 Å². The summed E-state index contributed by atoms with van der Waals surface area (Å²) in [7, 11) is 1.57. The number of carbonyl (C=O) groups is 1. The molecule has 8 nitrogen and oxygen atoms in total. The first-order valence-corrected chi connectivity index (χ1v) is 22.7. The van der Waals surface area contributed by atoms with E-state index >= 15 is 0 Å². The number of phosphoric ester groups is 1. The lowest BCUT2D eigenvalue weighted by Crippen LogP contribution is -2.45. The van der Waals surface area contributed by atoms with E-state index in [1.54, 1.807) is 6.08 Å². The molecule has 0 aliphatic carbocycles. The van der Waals surface area contributed by atoms with Crippen LogP contribution in [0.3, 0.4) is 0 Å². The quantitative estimate of drug-likeness (QED) is 0.0252. The molecule has 0 saturated carbocycles. The Morgan fingerprint density at radius 2 is 1.06 bits per heavy atom. The number of nitrogens with one attached hydrogen (secondary N) is 1. The molecule has 0 bridgehead atoms. The maximum atomic E-state index is 12.8. The molecule has 0 radical (unpaired) electrons. The van der Waals surface area contributed by atoms with Crippen LogP contribution < -0.4 is 5.32 Å². The monoisotopic (exact) mass is 744 g/mol. The lowest BCUT2D eigenvalue weighted by Gasteiger charge is -2.25. The SMILES string of the molecule is CCCCCC/C=C/CCCCCCCC(=O)N[C@@H](COP(=O)(O)OCC[N+](C)(C)C)[C@H](O)/C=C/CCCCCCCCCCCCCCCC. The Hall–Kier alpha value is -1.02. The van der Waals surface area contributed by atoms with E-state index in [1.807, 2.05) is 27.2 Å². The lowest BCUT2D eigenvalue weighted by molar-refractivity contribution is -0.870. The number of likely N-dealkylation sites (N-methyl/N-ethyl adjacent to an activating group) is 1. The van der Waals surface area contributed by atoms with Crippen LogP contribution in [0.25, 0.3) is 0 Å². The van der Waals surface area contributed by atoms with E-state index in [0.29, 0.717) is 17.4 Å². The molecule has 0 aromatic carbocycles. The maximum absolute atomic E-state index is 12.8. The Morgan fingerprint density at radius 3 is 1.53 bits per heavy atom. The fourth-order valence-corrected chi connectivity index (χ4v) is 6.71. The number of aliphatic hydroxyl groups excluding tert-OH is 1. The number of hydrogen-bond acceptors (Lipinski definition) is 5. The fourth-order valence-electron chi connectivity index (χ4n) is 5.98. The van der Waals surface area contributed by atoms with Gasteiger partial charge in [-0.3, -0.25) is 13.8 Å². The second-order valence-electron chi connectivity index (χ2n) is 15.7. The molecular formula is C42H84N2O6P+. The highest BCUT2D eigenvalue weighted by molar-refractivity contribution is 7.47. The summed E-state index contributed by atoms with van der Waals surface area (Å²) in [4.78, 5) is 23.0. The summed E-state index contributed by atoms with van der Waals surface area (Å²) in [6, 6.07) is -0.846. The van der Waals surface area contributed by atoms with E-state index in [0.717, 1.165) is 51.4 Å². The summed E-state index contributed by atoms with van der Waals surface area (Å²) in [5, 5.41) is 13.8. The number of phosphoric acid groups is 1. The van der Waals surface area contributed by atoms with Crippen molar-refractivity contribution in [1.29, 1.82) is 0 Å². The predicted molar refractivity (Wildman–Crippen MR) is 217 cm³/mol. The molecule has 51 heavy (non-hydrogen) atoms. The van der Waals surface area contributed by atoms with Gasteiger partial charge in [0.1, 0.15) is 13.2 Å². The van der Waals surface area contributed by atoms with Crippen LogP contribution in [0.2, 0.25) is 0 Å². The molecule has 0 rings (SSSR count). The Labute approximate surface area is 315 Å². The third kappa shape index (κ3) is 37.1. The van der Waals surface area contributed by atoms with Crippen LogP contribution in [0.15, 0.2) is 24.3 Å². The summed E-state index contributed by atoms with van der Waals surface area (Å²) in [5.41, 5.74) is 0. The van der Waals surface area contributed by atoms with E-state index in [4.69, 9.17) is 9.05 Å². The standard InChI is InChI=1S/C42H83N2O6P/c1-6-8-10-12-14-16-18-20-21-22-24-25-27-29-31-33-35-41(45)40(39-50-51(47,48)49-38-37-44(3,4)5)43-42(46)36-34-32-30-28-26-23-19-17-15-13-11-9-7-2/h17,19,33,35,40-41,45H,6-16,18,20-32,34,36-39H2,1-5H3,(H-,43,46,47,48)/p+1/b19-17+,35-33+/t40-,41+/m0/s1. The molecule has 9 heteroatoms. The predicted octanol–water partition coefficient (Wildman–Crippen LogP) is 11.4. The number of unbranched alkanes of at least 4 members (excludes halogenated alkanes) is 23. The zero-order valence-electron chi connectivity index (χ0n) is 34.1. The van der Waals surface area contributed by atoms with Crippen molar-refractivity contribution in [2.45, 2.75) is 199 Å². The minimum atomic E-state index is -4.33. The summed E-state index contributed by atoms with van der Waals surface area (Å²) in [5.74, 6) is -0.187. The lowest BCUT2D eigenvalue weighted by atomic mass is 10.0. The van der Waals surface area contributed by atoms with Gasteiger partial charge in [-0.15, -0.1) is 0 Å². The number of quaternary nitrogens is 1. The smallest absolute Gasteiger partial charge is 0.387 e. The Kier molecular flexibility index (Phi) is 34.0. The van der Waals surface area contributed by atoms with Gasteiger partial charge >= 0.3 is 7.82 Å². The summed E-state index contributed by atoms with van der Waals surface area (Å²) < 4.78 is 23.5. The van der Waals surface area contributed by atoms with E-state index in [1.165, 1.54) is 116 Å². The largest absolute Gasteiger partial charge is 0.472 e. The van der Waals surface area contributed by atoms with Crippen LogP contribution in [0.1, 0.15) is 187 Å². The molecule has 0 aliphatic rings. The Morgan fingerprint density at radius 1 is 0.647 bits per heavy atom. The average Bonchev–Trinajstić information content (AvgIpc) is 3.07. The molecule has 1 unspecified atom stereocenters. The zero-order chi connectivity index (χ0) is 37.9. The van der Waals surface area contributed by atoms with Crippen LogP contribution in [-0.4, -0.2) is 73.4 Å². The van der Waals surface area contributed by atoms with Crippen molar-refractivity contribution in [2.75, 3.05) is 40.9 Å². The second-order valence-corrected chi connectivity index (χ2v) is 17.2. The van der Waals surface area contributed by atoms with Crippen LogP contribution >= 0.6 is 7.82 Å². The average molecular weight is 744 g/mol. The fraction of sp³-hybridized carbons (Fsp3) is 0.881. The number of allylic oxidation sites excluding steroid dienone is 3. The van der Waals surface area contributed by atoms with Gasteiger partial charge in [0.2, 0.25) is 5.91 Å². The zero-order valence-corrected chi connectivity index (χ0v) is 35.0. The van der Waals surface area contributed by atoms with Gasteiger partial charge in [0.05, 0.1) is 39.9 Å². The van der Waals surface area contributed by atoms with Crippen molar-refractivity contribution < 1.29 is 32.9 Å². The number of aliphatic hydroxyl groups is 1. The summed E-state index contributed by atoms with van der Waals surface area (Å²) >= 11 is 0. The van der Waals surface area contributed by atoms with Crippen LogP contribution in [0.4, 0.5) is 0 Å². The Balaban J connectivity index is 4.48. The van der Waals surface area contributed by atoms with Gasteiger partial charge in [0.25, 0.3) is 0 Å². The summed E-state index contributed by atoms with van der Waals surface area (Å²) in [6.07, 6.45) is 39.5. The molecule has 3 N–H and O–H groups in total. The minimum absolute atomic E-state index is 0.0608. The molecule has 0 aromatic heterocycles. The van der Waals surface area contributed by atoms with Gasteiger partial charge in [-0.2, -0.15) is 0 Å². The van der Waals surface area contributed by atoms with Crippen molar-refractivity contribution in [3.63, 3.8) is 0 Å². The number of hydrogen-bond donors (Lipinski definition) is 3. The molecule has 0 aliphatic heterocycles. The van der Waals surface area contributed by atoms with E-state index < -0.39 is 20.0 Å². The molecular weight excluding hydrogens is 659 g/mol. The molecule has 0 aromatic rings. The highest BCUT2D eigenvalue weighted by atomic mass is 31.2. The van der Waals surface area contributed by atoms with Crippen molar-refractivity contribution in [3.05, 3.63) is 24.3 Å². The van der Waals surface area contributed by atoms with Crippen LogP contribution in [0.5, 0.6) is 0 Å². The number of rotatable bonds is 38. The van der Waals surface area contributed by atoms with E-state index in [-0.39, 0.29) is 19.1 Å².